The Morgan fingerprint density at radius 3 is 2.06 bits per heavy atom. The van der Waals surface area contributed by atoms with Gasteiger partial charge in [-0.05, 0) is 54.1 Å². The Morgan fingerprint density at radius 1 is 0.794 bits per heavy atom. The molecule has 174 valence electrons. The summed E-state index contributed by atoms with van der Waals surface area (Å²) >= 11 is 0. The lowest BCUT2D eigenvalue weighted by Gasteiger charge is -2.28. The van der Waals surface area contributed by atoms with Gasteiger partial charge in [-0.2, -0.15) is 0 Å². The van der Waals surface area contributed by atoms with E-state index in [0.717, 1.165) is 29.2 Å². The highest BCUT2D eigenvalue weighted by Crippen LogP contribution is 2.47. The Hall–Kier alpha value is -3.92. The number of anilines is 2. The van der Waals surface area contributed by atoms with Crippen LogP contribution in [-0.4, -0.2) is 24.3 Å². The number of hydrogen-bond acceptors (Lipinski definition) is 5. The third-order valence-corrected chi connectivity index (χ3v) is 5.67. The standard InChI is InChI=1S/C24H16F4N2O4/c25-15-8-10-16(11-9-15)29-22(31)19-20(14-6-12-18(13-7-14)33-24(26,27)28)30(34-21(19)23(29)32)17-4-2-1-3-5-17/h1-13,19-21H/t19-,20-,21+/m1/s1. The zero-order chi connectivity index (χ0) is 24.0. The number of hydrogen-bond donors (Lipinski definition) is 0. The number of imide groups is 1. The summed E-state index contributed by atoms with van der Waals surface area (Å²) in [6.07, 6.45) is -6.00. The smallest absolute Gasteiger partial charge is 0.406 e. The van der Waals surface area contributed by atoms with Crippen LogP contribution in [0.3, 0.4) is 0 Å². The predicted octanol–water partition coefficient (Wildman–Crippen LogP) is 4.78. The highest BCUT2D eigenvalue weighted by molar-refractivity contribution is 6.23. The van der Waals surface area contributed by atoms with Crippen LogP contribution in [0, 0.1) is 11.7 Å². The fourth-order valence-electron chi connectivity index (χ4n) is 4.26. The molecule has 0 aliphatic carbocycles. The highest BCUT2D eigenvalue weighted by atomic mass is 19.4. The minimum Gasteiger partial charge on any atom is -0.406 e. The number of alkyl halides is 3. The summed E-state index contributed by atoms with van der Waals surface area (Å²) in [5.74, 6) is -3.08. The molecule has 3 aromatic carbocycles. The maximum absolute atomic E-state index is 13.4. The molecule has 0 aromatic heterocycles. The van der Waals surface area contributed by atoms with Gasteiger partial charge in [0.2, 0.25) is 5.91 Å². The van der Waals surface area contributed by atoms with Crippen molar-refractivity contribution in [1.29, 1.82) is 0 Å². The number of carbonyl (C=O) groups excluding carboxylic acids is 2. The van der Waals surface area contributed by atoms with E-state index in [1.165, 1.54) is 29.3 Å². The van der Waals surface area contributed by atoms with Crippen molar-refractivity contribution in [1.82, 2.24) is 0 Å². The van der Waals surface area contributed by atoms with Crippen LogP contribution in [0.1, 0.15) is 11.6 Å². The predicted molar refractivity (Wildman–Crippen MR) is 112 cm³/mol. The number of benzene rings is 3. The molecule has 0 spiro atoms. The van der Waals surface area contributed by atoms with Crippen molar-refractivity contribution in [3.63, 3.8) is 0 Å². The van der Waals surface area contributed by atoms with E-state index in [2.05, 4.69) is 4.74 Å². The number of nitrogens with zero attached hydrogens (tertiary/aromatic N) is 2. The Kier molecular flexibility index (Phi) is 5.24. The normalized spacial score (nSPS) is 22.3. The summed E-state index contributed by atoms with van der Waals surface area (Å²) in [5.41, 5.74) is 1.22. The van der Waals surface area contributed by atoms with Crippen LogP contribution in [0.5, 0.6) is 5.75 Å². The number of ether oxygens (including phenoxy) is 1. The minimum absolute atomic E-state index is 0.202. The molecule has 0 saturated carbocycles. The van der Waals surface area contributed by atoms with Crippen molar-refractivity contribution < 1.29 is 36.7 Å². The molecule has 0 bridgehead atoms. The van der Waals surface area contributed by atoms with Crippen LogP contribution >= 0.6 is 0 Å². The topological polar surface area (TPSA) is 59.1 Å². The van der Waals surface area contributed by atoms with Gasteiger partial charge in [0, 0.05) is 0 Å². The molecule has 0 N–H and O–H groups in total. The molecule has 34 heavy (non-hydrogen) atoms. The average Bonchev–Trinajstić information content (AvgIpc) is 3.31. The third kappa shape index (κ3) is 3.86. The van der Waals surface area contributed by atoms with E-state index in [-0.39, 0.29) is 5.69 Å². The fourth-order valence-corrected chi connectivity index (χ4v) is 4.26. The van der Waals surface area contributed by atoms with E-state index in [9.17, 15) is 27.2 Å². The van der Waals surface area contributed by atoms with Gasteiger partial charge in [-0.1, -0.05) is 30.3 Å². The van der Waals surface area contributed by atoms with Crippen molar-refractivity contribution in [2.45, 2.75) is 18.5 Å². The number of amides is 2. The maximum atomic E-state index is 13.4. The van der Waals surface area contributed by atoms with Crippen LogP contribution in [0.15, 0.2) is 78.9 Å². The maximum Gasteiger partial charge on any atom is 0.573 e. The lowest BCUT2D eigenvalue weighted by atomic mass is 9.90. The Morgan fingerprint density at radius 2 is 1.44 bits per heavy atom. The molecule has 2 fully saturated rings. The molecular weight excluding hydrogens is 456 g/mol. The van der Waals surface area contributed by atoms with Gasteiger partial charge < -0.3 is 4.74 Å². The van der Waals surface area contributed by atoms with Gasteiger partial charge in [-0.3, -0.25) is 14.4 Å². The number of para-hydroxylation sites is 1. The van der Waals surface area contributed by atoms with Gasteiger partial charge in [0.25, 0.3) is 5.91 Å². The largest absolute Gasteiger partial charge is 0.573 e. The Labute approximate surface area is 190 Å². The zero-order valence-electron chi connectivity index (χ0n) is 17.3. The average molecular weight is 472 g/mol. The molecule has 2 amide bonds. The molecule has 0 radical (unpaired) electrons. The van der Waals surface area contributed by atoms with Gasteiger partial charge >= 0.3 is 6.36 Å². The fraction of sp³-hybridized carbons (Fsp3) is 0.167. The number of fused-ring (bicyclic) bond motifs is 1. The van der Waals surface area contributed by atoms with Gasteiger partial charge in [-0.25, -0.2) is 14.4 Å². The van der Waals surface area contributed by atoms with E-state index < -0.39 is 47.8 Å². The van der Waals surface area contributed by atoms with Crippen LogP contribution in [0.25, 0.3) is 0 Å². The van der Waals surface area contributed by atoms with Gasteiger partial charge in [-0.15, -0.1) is 13.2 Å². The van der Waals surface area contributed by atoms with Crippen molar-refractivity contribution in [3.05, 3.63) is 90.2 Å². The summed E-state index contributed by atoms with van der Waals surface area (Å²) in [6, 6.07) is 17.9. The quantitative estimate of drug-likeness (QED) is 0.404. The van der Waals surface area contributed by atoms with Gasteiger partial charge in [0.15, 0.2) is 6.10 Å². The molecule has 2 saturated heterocycles. The van der Waals surface area contributed by atoms with Gasteiger partial charge in [0.1, 0.15) is 17.5 Å². The molecule has 3 aromatic rings. The first-order valence-corrected chi connectivity index (χ1v) is 10.2. The van der Waals surface area contributed by atoms with Crippen LogP contribution in [-0.2, 0) is 14.4 Å². The highest BCUT2D eigenvalue weighted by Gasteiger charge is 2.60. The van der Waals surface area contributed by atoms with Crippen molar-refractivity contribution in [3.8, 4) is 5.75 Å². The lowest BCUT2D eigenvalue weighted by molar-refractivity contribution is -0.274. The van der Waals surface area contributed by atoms with Gasteiger partial charge in [0.05, 0.1) is 17.4 Å². The number of halogens is 4. The van der Waals surface area contributed by atoms with E-state index in [0.29, 0.717) is 11.3 Å². The summed E-state index contributed by atoms with van der Waals surface area (Å²) in [6.45, 7) is 0. The second-order valence-corrected chi connectivity index (χ2v) is 7.76. The van der Waals surface area contributed by atoms with E-state index >= 15 is 0 Å². The summed E-state index contributed by atoms with van der Waals surface area (Å²) in [5, 5.41) is 1.42. The molecule has 2 heterocycles. The molecule has 10 heteroatoms. The number of hydroxylamine groups is 1. The number of rotatable bonds is 4. The first kappa shape index (κ1) is 21.9. The SMILES string of the molecule is O=C1[C@H]2[C@H](ON(c3ccccc3)[C@@H]2c2ccc(OC(F)(F)F)cc2)C(=O)N1c1ccc(F)cc1. The summed E-state index contributed by atoms with van der Waals surface area (Å²) in [4.78, 5) is 33.5. The second-order valence-electron chi connectivity index (χ2n) is 7.76. The van der Waals surface area contributed by atoms with Crippen molar-refractivity contribution in [2.75, 3.05) is 9.96 Å². The molecule has 2 aliphatic heterocycles. The first-order valence-electron chi connectivity index (χ1n) is 10.2. The van der Waals surface area contributed by atoms with Crippen molar-refractivity contribution >= 4 is 23.2 Å². The van der Waals surface area contributed by atoms with Crippen LogP contribution < -0.4 is 14.7 Å². The molecule has 3 atom stereocenters. The first-order chi connectivity index (χ1) is 16.2. The zero-order valence-corrected chi connectivity index (χ0v) is 17.3. The van der Waals surface area contributed by atoms with Crippen molar-refractivity contribution in [2.24, 2.45) is 5.92 Å². The summed E-state index contributed by atoms with van der Waals surface area (Å²) in [7, 11) is 0. The molecule has 5 rings (SSSR count). The monoisotopic (exact) mass is 472 g/mol. The van der Waals surface area contributed by atoms with E-state index in [4.69, 9.17) is 4.84 Å². The van der Waals surface area contributed by atoms with Crippen LogP contribution in [0.2, 0.25) is 0 Å². The molecule has 6 nitrogen and oxygen atoms in total. The lowest BCUT2D eigenvalue weighted by Crippen LogP contribution is -2.37. The minimum atomic E-state index is -4.84. The van der Waals surface area contributed by atoms with E-state index in [1.54, 1.807) is 30.3 Å². The second kappa shape index (κ2) is 8.14. The molecular formula is C24H16F4N2O4. The van der Waals surface area contributed by atoms with Crippen LogP contribution in [0.4, 0.5) is 28.9 Å². The Balaban J connectivity index is 1.53. The third-order valence-electron chi connectivity index (χ3n) is 5.67. The number of carbonyl (C=O) groups is 2. The molecule has 0 unspecified atom stereocenters. The Bertz CT molecular complexity index is 1220. The summed E-state index contributed by atoms with van der Waals surface area (Å²) < 4.78 is 55.0. The van der Waals surface area contributed by atoms with E-state index in [1.807, 2.05) is 0 Å². The molecule has 2 aliphatic rings.